The zero-order valence-electron chi connectivity index (χ0n) is 13.9. The van der Waals surface area contributed by atoms with Crippen LogP contribution in [0.15, 0.2) is 42.6 Å². The van der Waals surface area contributed by atoms with Gasteiger partial charge in [0, 0.05) is 26.2 Å². The number of morpholine rings is 1. The van der Waals surface area contributed by atoms with Crippen LogP contribution in [0.5, 0.6) is 0 Å². The van der Waals surface area contributed by atoms with Crippen molar-refractivity contribution in [3.63, 3.8) is 0 Å². The van der Waals surface area contributed by atoms with Crippen molar-refractivity contribution in [3.8, 4) is 0 Å². The second kappa shape index (κ2) is 8.55. The lowest BCUT2D eigenvalue weighted by Gasteiger charge is -2.26. The molecule has 0 bridgehead atoms. The van der Waals surface area contributed by atoms with Crippen molar-refractivity contribution in [2.75, 3.05) is 50.0 Å². The van der Waals surface area contributed by atoms with E-state index in [4.69, 9.17) is 4.74 Å². The summed E-state index contributed by atoms with van der Waals surface area (Å²) >= 11 is 0. The Hall–Kier alpha value is -2.51. The Kier molecular flexibility index (Phi) is 5.92. The number of rotatable bonds is 6. The molecule has 0 radical (unpaired) electrons. The van der Waals surface area contributed by atoms with Crippen molar-refractivity contribution in [2.24, 2.45) is 0 Å². The molecule has 0 aliphatic carbocycles. The molecule has 1 aliphatic heterocycles. The Morgan fingerprint density at radius 1 is 1.20 bits per heavy atom. The molecule has 1 fully saturated rings. The van der Waals surface area contributed by atoms with E-state index >= 15 is 0 Å². The maximum Gasteiger partial charge on any atom is 0.258 e. The predicted octanol–water partition coefficient (Wildman–Crippen LogP) is 2.22. The van der Waals surface area contributed by atoms with Crippen LogP contribution in [0, 0.1) is 5.82 Å². The van der Waals surface area contributed by atoms with Crippen LogP contribution < -0.4 is 10.6 Å². The van der Waals surface area contributed by atoms with Gasteiger partial charge in [-0.15, -0.1) is 0 Å². The first-order valence-electron chi connectivity index (χ1n) is 8.28. The third-order valence-electron chi connectivity index (χ3n) is 3.98. The predicted molar refractivity (Wildman–Crippen MR) is 94.3 cm³/mol. The topological polar surface area (TPSA) is 66.5 Å². The maximum atomic E-state index is 13.6. The number of benzene rings is 1. The summed E-state index contributed by atoms with van der Waals surface area (Å²) in [6, 6.07) is 9.40. The first kappa shape index (κ1) is 17.3. The summed E-state index contributed by atoms with van der Waals surface area (Å²) in [5.41, 5.74) is 0.530. The first-order valence-corrected chi connectivity index (χ1v) is 8.28. The van der Waals surface area contributed by atoms with E-state index in [2.05, 4.69) is 20.5 Å². The van der Waals surface area contributed by atoms with Crippen LogP contribution in [-0.4, -0.2) is 55.2 Å². The maximum absolute atomic E-state index is 13.6. The van der Waals surface area contributed by atoms with Crippen molar-refractivity contribution >= 4 is 17.4 Å². The highest BCUT2D eigenvalue weighted by atomic mass is 19.1. The van der Waals surface area contributed by atoms with E-state index in [1.807, 2.05) is 0 Å². The fraction of sp³-hybridized carbons (Fsp3) is 0.333. The number of hydrogen-bond acceptors (Lipinski definition) is 5. The summed E-state index contributed by atoms with van der Waals surface area (Å²) in [5.74, 6) is -0.306. The van der Waals surface area contributed by atoms with Crippen molar-refractivity contribution in [1.29, 1.82) is 0 Å². The van der Waals surface area contributed by atoms with Crippen LogP contribution in [0.2, 0.25) is 0 Å². The van der Waals surface area contributed by atoms with Gasteiger partial charge in [0.05, 0.1) is 30.7 Å². The van der Waals surface area contributed by atoms with E-state index in [0.717, 1.165) is 45.2 Å². The molecule has 1 saturated heterocycles. The Bertz CT molecular complexity index is 702. The van der Waals surface area contributed by atoms with Gasteiger partial charge in [-0.2, -0.15) is 0 Å². The molecule has 2 N–H and O–H groups in total. The Balaban J connectivity index is 1.48. The third kappa shape index (κ3) is 4.98. The van der Waals surface area contributed by atoms with Crippen LogP contribution >= 0.6 is 0 Å². The van der Waals surface area contributed by atoms with Gasteiger partial charge in [-0.3, -0.25) is 9.69 Å². The standard InChI is InChI=1S/C18H21FN4O2/c19-16-4-2-1-3-15(16)18(24)22-14-5-6-17(21-13-14)20-7-8-23-9-11-25-12-10-23/h1-6,13H,7-12H2,(H,20,21)(H,22,24). The van der Waals surface area contributed by atoms with Gasteiger partial charge >= 0.3 is 0 Å². The van der Waals surface area contributed by atoms with Gasteiger partial charge in [-0.25, -0.2) is 9.37 Å². The quantitative estimate of drug-likeness (QED) is 0.841. The Labute approximate surface area is 146 Å². The second-order valence-corrected chi connectivity index (χ2v) is 5.75. The van der Waals surface area contributed by atoms with Gasteiger partial charge in [0.15, 0.2) is 0 Å². The molecule has 1 aromatic heterocycles. The highest BCUT2D eigenvalue weighted by Crippen LogP contribution is 2.13. The molecule has 2 heterocycles. The van der Waals surface area contributed by atoms with Crippen LogP contribution in [0.3, 0.4) is 0 Å². The number of nitrogens with one attached hydrogen (secondary N) is 2. The summed E-state index contributed by atoms with van der Waals surface area (Å²) in [4.78, 5) is 18.7. The third-order valence-corrected chi connectivity index (χ3v) is 3.98. The van der Waals surface area contributed by atoms with E-state index in [9.17, 15) is 9.18 Å². The Morgan fingerprint density at radius 3 is 2.72 bits per heavy atom. The van der Waals surface area contributed by atoms with Crippen molar-refractivity contribution < 1.29 is 13.9 Å². The molecule has 0 unspecified atom stereocenters. The summed E-state index contributed by atoms with van der Waals surface area (Å²) in [7, 11) is 0. The lowest BCUT2D eigenvalue weighted by atomic mass is 10.2. The number of nitrogens with zero attached hydrogens (tertiary/aromatic N) is 2. The van der Waals surface area contributed by atoms with E-state index < -0.39 is 11.7 Å². The van der Waals surface area contributed by atoms with Gasteiger partial charge in [0.25, 0.3) is 5.91 Å². The summed E-state index contributed by atoms with van der Waals surface area (Å²) < 4.78 is 18.9. The number of carbonyl (C=O) groups is 1. The second-order valence-electron chi connectivity index (χ2n) is 5.75. The average Bonchev–Trinajstić information content (AvgIpc) is 2.64. The van der Waals surface area contributed by atoms with Crippen LogP contribution in [0.1, 0.15) is 10.4 Å². The van der Waals surface area contributed by atoms with Crippen LogP contribution in [0.25, 0.3) is 0 Å². The zero-order valence-corrected chi connectivity index (χ0v) is 13.9. The van der Waals surface area contributed by atoms with Gasteiger partial charge in [-0.05, 0) is 24.3 Å². The number of carbonyl (C=O) groups excluding carboxylic acids is 1. The molecule has 0 atom stereocenters. The summed E-state index contributed by atoms with van der Waals surface area (Å²) in [6.07, 6.45) is 1.55. The minimum atomic E-state index is -0.547. The van der Waals surface area contributed by atoms with Gasteiger partial charge < -0.3 is 15.4 Å². The van der Waals surface area contributed by atoms with Crippen LogP contribution in [-0.2, 0) is 4.74 Å². The van der Waals surface area contributed by atoms with Gasteiger partial charge in [0.2, 0.25) is 0 Å². The number of amides is 1. The molecule has 0 spiro atoms. The van der Waals surface area contributed by atoms with Crippen LogP contribution in [0.4, 0.5) is 15.9 Å². The molecule has 132 valence electrons. The fourth-order valence-corrected chi connectivity index (χ4v) is 2.58. The highest BCUT2D eigenvalue weighted by molar-refractivity contribution is 6.04. The van der Waals surface area contributed by atoms with Crippen molar-refractivity contribution in [2.45, 2.75) is 0 Å². The molecule has 1 amide bonds. The molecule has 7 heteroatoms. The molecule has 0 saturated carbocycles. The lowest BCUT2D eigenvalue weighted by Crippen LogP contribution is -2.39. The number of hydrogen-bond donors (Lipinski definition) is 2. The number of aromatic nitrogens is 1. The van der Waals surface area contributed by atoms with Crippen molar-refractivity contribution in [1.82, 2.24) is 9.88 Å². The molecular weight excluding hydrogens is 323 g/mol. The van der Waals surface area contributed by atoms with Crippen molar-refractivity contribution in [3.05, 3.63) is 54.0 Å². The number of halogens is 1. The lowest BCUT2D eigenvalue weighted by molar-refractivity contribution is 0.0398. The molecule has 25 heavy (non-hydrogen) atoms. The minimum absolute atomic E-state index is 0.00946. The Morgan fingerprint density at radius 2 is 2.00 bits per heavy atom. The number of anilines is 2. The largest absolute Gasteiger partial charge is 0.379 e. The number of ether oxygens (including phenoxy) is 1. The number of pyridine rings is 1. The normalized spacial score (nSPS) is 14.9. The monoisotopic (exact) mass is 344 g/mol. The summed E-state index contributed by atoms with van der Waals surface area (Å²) in [5, 5.41) is 5.89. The smallest absolute Gasteiger partial charge is 0.258 e. The fourth-order valence-electron chi connectivity index (χ4n) is 2.58. The van der Waals surface area contributed by atoms with E-state index in [1.165, 1.54) is 12.1 Å². The van der Waals surface area contributed by atoms with Gasteiger partial charge in [-0.1, -0.05) is 12.1 Å². The summed E-state index contributed by atoms with van der Waals surface area (Å²) in [6.45, 7) is 5.19. The molecule has 1 aliphatic rings. The molecular formula is C18H21FN4O2. The van der Waals surface area contributed by atoms with Gasteiger partial charge in [0.1, 0.15) is 11.6 Å². The highest BCUT2D eigenvalue weighted by Gasteiger charge is 2.11. The van der Waals surface area contributed by atoms with E-state index in [0.29, 0.717) is 5.69 Å². The molecule has 2 aromatic rings. The zero-order chi connectivity index (χ0) is 17.5. The molecule has 3 rings (SSSR count). The average molecular weight is 344 g/mol. The SMILES string of the molecule is O=C(Nc1ccc(NCCN2CCOCC2)nc1)c1ccccc1F. The molecule has 6 nitrogen and oxygen atoms in total. The first-order chi connectivity index (χ1) is 12.2. The van der Waals surface area contributed by atoms with E-state index in [1.54, 1.807) is 30.5 Å². The molecule has 1 aromatic carbocycles. The minimum Gasteiger partial charge on any atom is -0.379 e. The van der Waals surface area contributed by atoms with E-state index in [-0.39, 0.29) is 5.56 Å².